The zero-order chi connectivity index (χ0) is 15.9. The van der Waals surface area contributed by atoms with Gasteiger partial charge in [-0.3, -0.25) is 4.79 Å². The Morgan fingerprint density at radius 2 is 2.00 bits per heavy atom. The summed E-state index contributed by atoms with van der Waals surface area (Å²) in [5, 5.41) is 2.75. The maximum absolute atomic E-state index is 13.1. The van der Waals surface area contributed by atoms with E-state index in [1.165, 1.54) is 6.07 Å². The molecule has 0 unspecified atom stereocenters. The van der Waals surface area contributed by atoms with Gasteiger partial charge < -0.3 is 10.1 Å². The second-order valence-corrected chi connectivity index (χ2v) is 5.59. The molecule has 1 amide bonds. The van der Waals surface area contributed by atoms with Gasteiger partial charge in [-0.05, 0) is 35.9 Å². The molecular weight excluding hydrogens is 308 g/mol. The third-order valence-electron chi connectivity index (χ3n) is 2.78. The van der Waals surface area contributed by atoms with Crippen molar-refractivity contribution < 1.29 is 18.3 Å². The van der Waals surface area contributed by atoms with Crippen molar-refractivity contribution in [2.24, 2.45) is 0 Å². The topological polar surface area (TPSA) is 38.3 Å². The van der Waals surface area contributed by atoms with Gasteiger partial charge in [0.05, 0.1) is 12.4 Å². The molecule has 2 aromatic carbocycles. The molecule has 0 heterocycles. The first kappa shape index (κ1) is 16.5. The molecule has 0 aromatic heterocycles. The van der Waals surface area contributed by atoms with Gasteiger partial charge in [-0.25, -0.2) is 8.78 Å². The first-order valence-electron chi connectivity index (χ1n) is 6.54. The summed E-state index contributed by atoms with van der Waals surface area (Å²) < 4.78 is 30.9. The van der Waals surface area contributed by atoms with E-state index in [1.807, 2.05) is 18.2 Å². The molecule has 0 spiro atoms. The Morgan fingerprint density at radius 3 is 2.73 bits per heavy atom. The molecule has 3 nitrogen and oxygen atoms in total. The summed E-state index contributed by atoms with van der Waals surface area (Å²) in [5.41, 5.74) is 1.62. The van der Waals surface area contributed by atoms with Gasteiger partial charge in [-0.2, -0.15) is 0 Å². The summed E-state index contributed by atoms with van der Waals surface area (Å²) in [5.74, 6) is -1.93. The molecule has 0 bridgehead atoms. The van der Waals surface area contributed by atoms with Crippen molar-refractivity contribution in [3.05, 3.63) is 59.7 Å². The number of thioether (sulfide) groups is 1. The minimum atomic E-state index is -0.919. The molecule has 0 aliphatic heterocycles. The van der Waals surface area contributed by atoms with Crippen LogP contribution in [0.3, 0.4) is 0 Å². The first-order valence-corrected chi connectivity index (χ1v) is 7.52. The molecule has 2 aromatic rings. The fourth-order valence-electron chi connectivity index (χ4n) is 1.82. The van der Waals surface area contributed by atoms with Gasteiger partial charge in [0.25, 0.3) is 0 Å². The molecule has 0 radical (unpaired) electrons. The number of hydrogen-bond donors (Lipinski definition) is 1. The van der Waals surface area contributed by atoms with E-state index in [-0.39, 0.29) is 11.7 Å². The van der Waals surface area contributed by atoms with Crippen LogP contribution in [-0.2, 0) is 16.1 Å². The lowest BCUT2D eigenvalue weighted by Crippen LogP contribution is -2.14. The lowest BCUT2D eigenvalue weighted by Gasteiger charge is -2.07. The lowest BCUT2D eigenvalue weighted by atomic mass is 10.2. The van der Waals surface area contributed by atoms with Crippen LogP contribution < -0.4 is 5.32 Å². The fraction of sp³-hybridized carbons (Fsp3) is 0.188. The number of carbonyl (C=O) groups excluding carboxylic acids is 1. The van der Waals surface area contributed by atoms with Crippen LogP contribution in [0.5, 0.6) is 0 Å². The molecule has 2 rings (SSSR count). The van der Waals surface area contributed by atoms with Crippen molar-refractivity contribution in [3.8, 4) is 0 Å². The summed E-state index contributed by atoms with van der Waals surface area (Å²) in [6.07, 6.45) is 0. The smallest absolute Gasteiger partial charge is 0.234 e. The molecule has 0 aliphatic carbocycles. The Hall–Kier alpha value is -1.92. The fourth-order valence-corrected chi connectivity index (χ4v) is 2.54. The standard InChI is InChI=1S/C16H15F2NO2S/c1-21-9-11-3-2-4-12(7-11)19-16(20)10-22-13-5-6-14(17)15(18)8-13/h2-8H,9-10H2,1H3,(H,19,20). The highest BCUT2D eigenvalue weighted by molar-refractivity contribution is 8.00. The number of amides is 1. The molecular formula is C16H15F2NO2S. The van der Waals surface area contributed by atoms with E-state index >= 15 is 0 Å². The normalized spacial score (nSPS) is 10.5. The quantitative estimate of drug-likeness (QED) is 0.821. The maximum Gasteiger partial charge on any atom is 0.234 e. The molecule has 116 valence electrons. The highest BCUT2D eigenvalue weighted by atomic mass is 32.2. The highest BCUT2D eigenvalue weighted by Crippen LogP contribution is 2.21. The minimum Gasteiger partial charge on any atom is -0.380 e. The Bertz CT molecular complexity index is 664. The predicted octanol–water partition coefficient (Wildman–Crippen LogP) is 3.84. The molecule has 22 heavy (non-hydrogen) atoms. The largest absolute Gasteiger partial charge is 0.380 e. The van der Waals surface area contributed by atoms with Crippen molar-refractivity contribution in [2.45, 2.75) is 11.5 Å². The van der Waals surface area contributed by atoms with Crippen molar-refractivity contribution >= 4 is 23.4 Å². The number of benzene rings is 2. The van der Waals surface area contributed by atoms with Crippen molar-refractivity contribution in [1.29, 1.82) is 0 Å². The molecule has 0 fully saturated rings. The van der Waals surface area contributed by atoms with E-state index in [1.54, 1.807) is 13.2 Å². The Labute approximate surface area is 131 Å². The summed E-state index contributed by atoms with van der Waals surface area (Å²) >= 11 is 1.14. The van der Waals surface area contributed by atoms with Gasteiger partial charge in [-0.15, -0.1) is 11.8 Å². The molecule has 6 heteroatoms. The van der Waals surface area contributed by atoms with Crippen LogP contribution in [0, 0.1) is 11.6 Å². The van der Waals surface area contributed by atoms with Crippen LogP contribution in [0.25, 0.3) is 0 Å². The maximum atomic E-state index is 13.1. The Balaban J connectivity index is 1.90. The van der Waals surface area contributed by atoms with Gasteiger partial charge in [0.2, 0.25) is 5.91 Å². The second kappa shape index (κ2) is 7.91. The summed E-state index contributed by atoms with van der Waals surface area (Å²) in [6.45, 7) is 0.466. The summed E-state index contributed by atoms with van der Waals surface area (Å²) in [6, 6.07) is 10.9. The molecule has 0 aliphatic rings. The van der Waals surface area contributed by atoms with Crippen LogP contribution in [0.2, 0.25) is 0 Å². The molecule has 0 saturated heterocycles. The number of nitrogens with one attached hydrogen (secondary N) is 1. The summed E-state index contributed by atoms with van der Waals surface area (Å²) in [7, 11) is 1.60. The highest BCUT2D eigenvalue weighted by Gasteiger charge is 2.07. The van der Waals surface area contributed by atoms with Gasteiger partial charge in [0.15, 0.2) is 11.6 Å². The second-order valence-electron chi connectivity index (χ2n) is 4.55. The number of anilines is 1. The molecule has 0 atom stereocenters. The van der Waals surface area contributed by atoms with Crippen LogP contribution in [0.1, 0.15) is 5.56 Å². The van der Waals surface area contributed by atoms with E-state index in [0.29, 0.717) is 17.2 Å². The van der Waals surface area contributed by atoms with E-state index in [4.69, 9.17) is 4.74 Å². The number of carbonyl (C=O) groups is 1. The Kier molecular flexibility index (Phi) is 5.91. The average molecular weight is 323 g/mol. The lowest BCUT2D eigenvalue weighted by molar-refractivity contribution is -0.113. The van der Waals surface area contributed by atoms with E-state index < -0.39 is 11.6 Å². The minimum absolute atomic E-state index is 0.111. The van der Waals surface area contributed by atoms with Gasteiger partial charge in [0.1, 0.15) is 0 Å². The number of halogens is 2. The van der Waals surface area contributed by atoms with E-state index in [0.717, 1.165) is 29.5 Å². The monoisotopic (exact) mass is 323 g/mol. The van der Waals surface area contributed by atoms with Gasteiger partial charge in [0, 0.05) is 17.7 Å². The number of methoxy groups -OCH3 is 1. The van der Waals surface area contributed by atoms with Crippen molar-refractivity contribution in [1.82, 2.24) is 0 Å². The zero-order valence-electron chi connectivity index (χ0n) is 11.9. The molecule has 0 saturated carbocycles. The van der Waals surface area contributed by atoms with E-state index in [2.05, 4.69) is 5.32 Å². The van der Waals surface area contributed by atoms with Crippen LogP contribution in [-0.4, -0.2) is 18.8 Å². The third kappa shape index (κ3) is 4.82. The number of hydrogen-bond acceptors (Lipinski definition) is 3. The first-order chi connectivity index (χ1) is 10.6. The predicted molar refractivity (Wildman–Crippen MR) is 82.9 cm³/mol. The Morgan fingerprint density at radius 1 is 1.18 bits per heavy atom. The van der Waals surface area contributed by atoms with E-state index in [9.17, 15) is 13.6 Å². The average Bonchev–Trinajstić information content (AvgIpc) is 2.49. The number of ether oxygens (including phenoxy) is 1. The summed E-state index contributed by atoms with van der Waals surface area (Å²) in [4.78, 5) is 12.4. The van der Waals surface area contributed by atoms with Crippen molar-refractivity contribution in [2.75, 3.05) is 18.2 Å². The van der Waals surface area contributed by atoms with Crippen LogP contribution in [0.15, 0.2) is 47.4 Å². The van der Waals surface area contributed by atoms with Crippen LogP contribution in [0.4, 0.5) is 14.5 Å². The number of rotatable bonds is 6. The molecule has 1 N–H and O–H groups in total. The van der Waals surface area contributed by atoms with Gasteiger partial charge in [-0.1, -0.05) is 12.1 Å². The SMILES string of the molecule is COCc1cccc(NC(=O)CSc2ccc(F)c(F)c2)c1. The third-order valence-corrected chi connectivity index (χ3v) is 3.78. The van der Waals surface area contributed by atoms with Crippen molar-refractivity contribution in [3.63, 3.8) is 0 Å². The van der Waals surface area contributed by atoms with Crippen LogP contribution >= 0.6 is 11.8 Å². The zero-order valence-corrected chi connectivity index (χ0v) is 12.8. The van der Waals surface area contributed by atoms with Gasteiger partial charge >= 0.3 is 0 Å².